The number of pyridine rings is 1. The lowest BCUT2D eigenvalue weighted by molar-refractivity contribution is -0.137. The van der Waals surface area contributed by atoms with Gasteiger partial charge in [0.15, 0.2) is 5.78 Å². The monoisotopic (exact) mass is 388 g/mol. The molecule has 3 rings (SSSR count). The van der Waals surface area contributed by atoms with Crippen molar-refractivity contribution >= 4 is 17.8 Å². The average Bonchev–Trinajstić information content (AvgIpc) is 2.72. The number of benzene rings is 1. The van der Waals surface area contributed by atoms with E-state index in [0.717, 1.165) is 17.7 Å². The molecule has 0 unspecified atom stereocenters. The largest absolute Gasteiger partial charge is 0.416 e. The fraction of sp³-hybridized carbons (Fsp3) is 0.286. The number of rotatable bonds is 4. The van der Waals surface area contributed by atoms with Crippen LogP contribution in [-0.2, 0) is 11.0 Å². The second kappa shape index (κ2) is 8.37. The molecule has 0 saturated carbocycles. The van der Waals surface area contributed by atoms with Crippen molar-refractivity contribution in [1.82, 2.24) is 9.88 Å². The molecule has 1 aromatic carbocycles. The van der Waals surface area contributed by atoms with Crippen LogP contribution in [0.15, 0.2) is 54.9 Å². The van der Waals surface area contributed by atoms with E-state index in [0.29, 0.717) is 19.4 Å². The molecule has 1 aliphatic heterocycles. The molecule has 1 saturated heterocycles. The van der Waals surface area contributed by atoms with E-state index in [-0.39, 0.29) is 23.8 Å². The number of carbonyl (C=O) groups excluding carboxylic acids is 2. The minimum atomic E-state index is -4.43. The van der Waals surface area contributed by atoms with Gasteiger partial charge in [0.2, 0.25) is 5.91 Å². The number of hydrogen-bond donors (Lipinski definition) is 0. The van der Waals surface area contributed by atoms with E-state index in [1.807, 2.05) is 6.07 Å². The SMILES string of the molecule is O=C(c1ccc(C(F)(F)F)cc1)[C@H]1CCCN(C(=O)/C=C/c2cccnc2)C1. The van der Waals surface area contributed by atoms with Gasteiger partial charge < -0.3 is 4.90 Å². The Labute approximate surface area is 160 Å². The molecular weight excluding hydrogens is 369 g/mol. The number of alkyl halides is 3. The van der Waals surface area contributed by atoms with Gasteiger partial charge in [-0.25, -0.2) is 0 Å². The van der Waals surface area contributed by atoms with Gasteiger partial charge in [0.1, 0.15) is 0 Å². The van der Waals surface area contributed by atoms with Crippen molar-refractivity contribution in [1.29, 1.82) is 0 Å². The van der Waals surface area contributed by atoms with E-state index in [4.69, 9.17) is 0 Å². The summed E-state index contributed by atoms with van der Waals surface area (Å²) in [7, 11) is 0. The number of Topliss-reactive ketones (excluding diaryl/α,β-unsaturated/α-hetero) is 1. The summed E-state index contributed by atoms with van der Waals surface area (Å²) in [6.45, 7) is 0.809. The van der Waals surface area contributed by atoms with E-state index in [1.165, 1.54) is 18.2 Å². The van der Waals surface area contributed by atoms with Gasteiger partial charge in [0.25, 0.3) is 0 Å². The zero-order valence-corrected chi connectivity index (χ0v) is 15.0. The van der Waals surface area contributed by atoms with Crippen molar-refractivity contribution in [2.24, 2.45) is 5.92 Å². The van der Waals surface area contributed by atoms with Crippen LogP contribution >= 0.6 is 0 Å². The summed E-state index contributed by atoms with van der Waals surface area (Å²) < 4.78 is 38.0. The Morgan fingerprint density at radius 2 is 1.89 bits per heavy atom. The lowest BCUT2D eigenvalue weighted by atomic mass is 9.89. The molecule has 0 spiro atoms. The van der Waals surface area contributed by atoms with Crippen LogP contribution in [0.1, 0.15) is 34.3 Å². The highest BCUT2D eigenvalue weighted by Gasteiger charge is 2.32. The molecule has 1 fully saturated rings. The van der Waals surface area contributed by atoms with E-state index >= 15 is 0 Å². The van der Waals surface area contributed by atoms with Crippen molar-refractivity contribution in [3.8, 4) is 0 Å². The number of halogens is 3. The smallest absolute Gasteiger partial charge is 0.338 e. The first-order valence-corrected chi connectivity index (χ1v) is 8.93. The molecule has 0 aliphatic carbocycles. The fourth-order valence-electron chi connectivity index (χ4n) is 3.20. The number of hydrogen-bond acceptors (Lipinski definition) is 3. The van der Waals surface area contributed by atoms with Gasteiger partial charge in [0, 0.05) is 43.0 Å². The highest BCUT2D eigenvalue weighted by atomic mass is 19.4. The summed E-state index contributed by atoms with van der Waals surface area (Å²) >= 11 is 0. The van der Waals surface area contributed by atoms with E-state index < -0.39 is 17.7 Å². The third kappa shape index (κ3) is 4.85. The normalized spacial score (nSPS) is 17.7. The number of nitrogens with zero attached hydrogens (tertiary/aromatic N) is 2. The maximum absolute atomic E-state index is 12.7. The quantitative estimate of drug-likeness (QED) is 0.582. The van der Waals surface area contributed by atoms with Crippen LogP contribution in [0.5, 0.6) is 0 Å². The van der Waals surface area contributed by atoms with Crippen LogP contribution in [-0.4, -0.2) is 34.7 Å². The summed E-state index contributed by atoms with van der Waals surface area (Å²) in [6.07, 6.45) is 3.23. The molecular formula is C21H19F3N2O2. The first kappa shape index (κ1) is 19.8. The van der Waals surface area contributed by atoms with Gasteiger partial charge in [0.05, 0.1) is 5.56 Å². The first-order chi connectivity index (χ1) is 13.3. The molecule has 1 amide bonds. The molecule has 1 atom stereocenters. The third-order valence-electron chi connectivity index (χ3n) is 4.70. The Morgan fingerprint density at radius 1 is 1.14 bits per heavy atom. The third-order valence-corrected chi connectivity index (χ3v) is 4.70. The van der Waals surface area contributed by atoms with E-state index in [9.17, 15) is 22.8 Å². The molecule has 0 radical (unpaired) electrons. The first-order valence-electron chi connectivity index (χ1n) is 8.93. The van der Waals surface area contributed by atoms with Gasteiger partial charge in [-0.15, -0.1) is 0 Å². The summed E-state index contributed by atoms with van der Waals surface area (Å²) in [5.74, 6) is -0.850. The van der Waals surface area contributed by atoms with Crippen molar-refractivity contribution < 1.29 is 22.8 Å². The van der Waals surface area contributed by atoms with Crippen molar-refractivity contribution in [3.63, 3.8) is 0 Å². The van der Waals surface area contributed by atoms with Gasteiger partial charge in [-0.3, -0.25) is 14.6 Å². The van der Waals surface area contributed by atoms with Crippen LogP contribution in [0.4, 0.5) is 13.2 Å². The Bertz CT molecular complexity index is 861. The predicted octanol–water partition coefficient (Wildman–Crippen LogP) is 4.24. The molecule has 0 bridgehead atoms. The van der Waals surface area contributed by atoms with Crippen molar-refractivity contribution in [2.75, 3.05) is 13.1 Å². The molecule has 2 heterocycles. The highest BCUT2D eigenvalue weighted by molar-refractivity contribution is 5.99. The summed E-state index contributed by atoms with van der Waals surface area (Å²) in [6, 6.07) is 7.82. The zero-order chi connectivity index (χ0) is 20.1. The lowest BCUT2D eigenvalue weighted by Crippen LogP contribution is -2.41. The molecule has 4 nitrogen and oxygen atoms in total. The maximum Gasteiger partial charge on any atom is 0.416 e. The van der Waals surface area contributed by atoms with Gasteiger partial charge in [-0.2, -0.15) is 13.2 Å². The molecule has 1 aromatic heterocycles. The summed E-state index contributed by atoms with van der Waals surface area (Å²) in [5.41, 5.74) is 0.244. The van der Waals surface area contributed by atoms with Crippen LogP contribution in [0.2, 0.25) is 0 Å². The van der Waals surface area contributed by atoms with Crippen LogP contribution in [0, 0.1) is 5.92 Å². The number of piperidine rings is 1. The zero-order valence-electron chi connectivity index (χ0n) is 15.0. The Balaban J connectivity index is 1.64. The summed E-state index contributed by atoms with van der Waals surface area (Å²) in [5, 5.41) is 0. The molecule has 7 heteroatoms. The van der Waals surface area contributed by atoms with Crippen LogP contribution < -0.4 is 0 Å². The van der Waals surface area contributed by atoms with Crippen molar-refractivity contribution in [3.05, 3.63) is 71.6 Å². The number of amides is 1. The van der Waals surface area contributed by atoms with E-state index in [1.54, 1.807) is 29.4 Å². The minimum absolute atomic E-state index is 0.200. The predicted molar refractivity (Wildman–Crippen MR) is 98.3 cm³/mol. The number of likely N-dealkylation sites (tertiary alicyclic amines) is 1. The van der Waals surface area contributed by atoms with Crippen LogP contribution in [0.3, 0.4) is 0 Å². The van der Waals surface area contributed by atoms with Crippen molar-refractivity contribution in [2.45, 2.75) is 19.0 Å². The standard InChI is InChI=1S/C21H19F3N2O2/c22-21(23,24)18-8-6-16(7-9-18)20(28)17-4-2-12-26(14-17)19(27)10-5-15-3-1-11-25-13-15/h1,3,5-11,13,17H,2,4,12,14H2/b10-5+/t17-/m0/s1. The molecule has 0 N–H and O–H groups in total. The Hall–Kier alpha value is -2.96. The van der Waals surface area contributed by atoms with Gasteiger partial charge in [-0.1, -0.05) is 18.2 Å². The molecule has 1 aliphatic rings. The Kier molecular flexibility index (Phi) is 5.92. The van der Waals surface area contributed by atoms with Gasteiger partial charge >= 0.3 is 6.18 Å². The second-order valence-corrected chi connectivity index (χ2v) is 6.68. The Morgan fingerprint density at radius 3 is 2.54 bits per heavy atom. The lowest BCUT2D eigenvalue weighted by Gasteiger charge is -2.31. The van der Waals surface area contributed by atoms with Crippen LogP contribution in [0.25, 0.3) is 6.08 Å². The number of ketones is 1. The van der Waals surface area contributed by atoms with E-state index in [2.05, 4.69) is 4.98 Å². The second-order valence-electron chi connectivity index (χ2n) is 6.68. The minimum Gasteiger partial charge on any atom is -0.338 e. The average molecular weight is 388 g/mol. The molecule has 146 valence electrons. The molecule has 2 aromatic rings. The number of aromatic nitrogens is 1. The number of carbonyl (C=O) groups is 2. The molecule has 28 heavy (non-hydrogen) atoms. The highest BCUT2D eigenvalue weighted by Crippen LogP contribution is 2.30. The fourth-order valence-corrected chi connectivity index (χ4v) is 3.20. The topological polar surface area (TPSA) is 50.3 Å². The summed E-state index contributed by atoms with van der Waals surface area (Å²) in [4.78, 5) is 30.7. The van der Waals surface area contributed by atoms with Gasteiger partial charge in [-0.05, 0) is 42.7 Å². The maximum atomic E-state index is 12.7.